The average molecular weight is 229 g/mol. The summed E-state index contributed by atoms with van der Waals surface area (Å²) in [6, 6.07) is 10.3. The zero-order valence-electron chi connectivity index (χ0n) is 10.6. The van der Waals surface area contributed by atoms with Crippen molar-refractivity contribution < 1.29 is 0 Å². The van der Waals surface area contributed by atoms with Gasteiger partial charge in [0, 0.05) is 11.7 Å². The maximum absolute atomic E-state index is 6.04. The van der Waals surface area contributed by atoms with Crippen molar-refractivity contribution in [2.45, 2.75) is 32.7 Å². The fourth-order valence-corrected chi connectivity index (χ4v) is 1.89. The Balaban J connectivity index is 2.29. The van der Waals surface area contributed by atoms with Crippen LogP contribution in [-0.2, 0) is 6.42 Å². The smallest absolute Gasteiger partial charge is 0.0648 e. The largest absolute Gasteiger partial charge is 0.325 e. The molecule has 90 valence electrons. The van der Waals surface area contributed by atoms with Crippen molar-refractivity contribution >= 4 is 0 Å². The highest BCUT2D eigenvalue weighted by Gasteiger charge is 2.12. The first-order valence-corrected chi connectivity index (χ1v) is 5.84. The molecule has 1 aromatic heterocycles. The second-order valence-electron chi connectivity index (χ2n) is 5.24. The monoisotopic (exact) mass is 229 g/mol. The lowest BCUT2D eigenvalue weighted by Gasteiger charge is -2.18. The Morgan fingerprint density at radius 1 is 1.29 bits per heavy atom. The molecule has 0 bridgehead atoms. The van der Waals surface area contributed by atoms with E-state index >= 15 is 0 Å². The third-order valence-corrected chi connectivity index (χ3v) is 2.56. The van der Waals surface area contributed by atoms with Gasteiger partial charge in [-0.1, -0.05) is 12.1 Å². The van der Waals surface area contributed by atoms with Gasteiger partial charge in [-0.2, -0.15) is 5.10 Å². The molecule has 0 radical (unpaired) electrons. The van der Waals surface area contributed by atoms with Crippen LogP contribution >= 0.6 is 0 Å². The predicted octanol–water partition coefficient (Wildman–Crippen LogP) is 2.46. The lowest BCUT2D eigenvalue weighted by molar-refractivity contribution is 0.516. The molecule has 17 heavy (non-hydrogen) atoms. The van der Waals surface area contributed by atoms with E-state index in [0.29, 0.717) is 0 Å². The summed E-state index contributed by atoms with van der Waals surface area (Å²) < 4.78 is 1.89. The van der Waals surface area contributed by atoms with Gasteiger partial charge in [0.05, 0.1) is 11.4 Å². The molecule has 2 N–H and O–H groups in total. The first-order chi connectivity index (χ1) is 7.94. The van der Waals surface area contributed by atoms with Gasteiger partial charge in [0.15, 0.2) is 0 Å². The molecule has 3 nitrogen and oxygen atoms in total. The molecule has 0 amide bonds. The fourth-order valence-electron chi connectivity index (χ4n) is 1.89. The molecule has 1 heterocycles. The lowest BCUT2D eigenvalue weighted by atomic mass is 9.96. The Labute approximate surface area is 102 Å². The Bertz CT molecular complexity index is 506. The standard InChI is InChI=1S/C14H19N3/c1-11-7-8-17(16-11)13-6-4-5-12(9-13)10-14(2,3)15/h4-9H,10,15H2,1-3H3. The molecule has 0 fully saturated rings. The van der Waals surface area contributed by atoms with E-state index in [1.54, 1.807) is 0 Å². The number of aromatic nitrogens is 2. The SMILES string of the molecule is Cc1ccn(-c2cccc(CC(C)(C)N)c2)n1. The van der Waals surface area contributed by atoms with Crippen molar-refractivity contribution in [3.8, 4) is 5.69 Å². The molecule has 0 aliphatic carbocycles. The van der Waals surface area contributed by atoms with Crippen molar-refractivity contribution in [3.63, 3.8) is 0 Å². The minimum absolute atomic E-state index is 0.182. The molecule has 0 unspecified atom stereocenters. The summed E-state index contributed by atoms with van der Waals surface area (Å²) in [6.45, 7) is 6.07. The first-order valence-electron chi connectivity index (χ1n) is 5.84. The van der Waals surface area contributed by atoms with Gasteiger partial charge in [-0.15, -0.1) is 0 Å². The zero-order chi connectivity index (χ0) is 12.5. The summed E-state index contributed by atoms with van der Waals surface area (Å²) in [5.41, 5.74) is 9.20. The molecule has 2 rings (SSSR count). The highest BCUT2D eigenvalue weighted by Crippen LogP contribution is 2.14. The molecule has 0 saturated heterocycles. The second kappa shape index (κ2) is 4.34. The van der Waals surface area contributed by atoms with Gasteiger partial charge in [-0.05, 0) is 51.0 Å². The van der Waals surface area contributed by atoms with E-state index in [0.717, 1.165) is 17.8 Å². The third kappa shape index (κ3) is 3.17. The number of rotatable bonds is 3. The minimum atomic E-state index is -0.182. The van der Waals surface area contributed by atoms with Gasteiger partial charge in [-0.3, -0.25) is 0 Å². The number of nitrogens with two attached hydrogens (primary N) is 1. The number of hydrogen-bond donors (Lipinski definition) is 1. The van der Waals surface area contributed by atoms with Crippen LogP contribution in [-0.4, -0.2) is 15.3 Å². The van der Waals surface area contributed by atoms with Gasteiger partial charge in [-0.25, -0.2) is 4.68 Å². The van der Waals surface area contributed by atoms with Crippen molar-refractivity contribution in [1.29, 1.82) is 0 Å². The van der Waals surface area contributed by atoms with E-state index in [4.69, 9.17) is 5.73 Å². The van der Waals surface area contributed by atoms with Crippen LogP contribution in [0, 0.1) is 6.92 Å². The summed E-state index contributed by atoms with van der Waals surface area (Å²) in [4.78, 5) is 0. The molecule has 2 aromatic rings. The van der Waals surface area contributed by atoms with Gasteiger partial charge in [0.25, 0.3) is 0 Å². The van der Waals surface area contributed by atoms with E-state index in [-0.39, 0.29) is 5.54 Å². The number of aryl methyl sites for hydroxylation is 1. The summed E-state index contributed by atoms with van der Waals surface area (Å²) in [5, 5.41) is 4.40. The summed E-state index contributed by atoms with van der Waals surface area (Å²) in [5.74, 6) is 0. The normalized spacial score (nSPS) is 11.8. The molecule has 0 spiro atoms. The summed E-state index contributed by atoms with van der Waals surface area (Å²) in [6.07, 6.45) is 2.84. The molecule has 3 heteroatoms. The van der Waals surface area contributed by atoms with Crippen LogP contribution in [0.25, 0.3) is 5.69 Å². The highest BCUT2D eigenvalue weighted by molar-refractivity contribution is 5.36. The quantitative estimate of drug-likeness (QED) is 0.878. The summed E-state index contributed by atoms with van der Waals surface area (Å²) >= 11 is 0. The topological polar surface area (TPSA) is 43.8 Å². The van der Waals surface area contributed by atoms with Crippen molar-refractivity contribution in [3.05, 3.63) is 47.8 Å². The first kappa shape index (κ1) is 11.9. The van der Waals surface area contributed by atoms with Crippen LogP contribution in [0.3, 0.4) is 0 Å². The maximum Gasteiger partial charge on any atom is 0.0648 e. The van der Waals surface area contributed by atoms with Gasteiger partial charge < -0.3 is 5.73 Å². The van der Waals surface area contributed by atoms with E-state index in [1.807, 2.05) is 43.8 Å². The predicted molar refractivity (Wildman–Crippen MR) is 70.3 cm³/mol. The van der Waals surface area contributed by atoms with Gasteiger partial charge in [0.1, 0.15) is 0 Å². The van der Waals surface area contributed by atoms with Crippen LogP contribution in [0.2, 0.25) is 0 Å². The van der Waals surface area contributed by atoms with Crippen molar-refractivity contribution in [2.24, 2.45) is 5.73 Å². The Kier molecular flexibility index (Phi) is 3.03. The van der Waals surface area contributed by atoms with Crippen LogP contribution in [0.5, 0.6) is 0 Å². The molecular formula is C14H19N3. The number of hydrogen-bond acceptors (Lipinski definition) is 2. The highest BCUT2D eigenvalue weighted by atomic mass is 15.3. The molecule has 0 atom stereocenters. The van der Waals surface area contributed by atoms with E-state index in [2.05, 4.69) is 23.3 Å². The molecule has 0 saturated carbocycles. The van der Waals surface area contributed by atoms with E-state index in [9.17, 15) is 0 Å². The Morgan fingerprint density at radius 3 is 2.65 bits per heavy atom. The van der Waals surface area contributed by atoms with Crippen LogP contribution < -0.4 is 5.73 Å². The lowest BCUT2D eigenvalue weighted by Crippen LogP contribution is -2.34. The van der Waals surface area contributed by atoms with Crippen LogP contribution in [0.4, 0.5) is 0 Å². The Morgan fingerprint density at radius 2 is 2.06 bits per heavy atom. The van der Waals surface area contributed by atoms with E-state index in [1.165, 1.54) is 5.56 Å². The summed E-state index contributed by atoms with van der Waals surface area (Å²) in [7, 11) is 0. The van der Waals surface area contributed by atoms with Crippen molar-refractivity contribution in [1.82, 2.24) is 9.78 Å². The third-order valence-electron chi connectivity index (χ3n) is 2.56. The second-order valence-corrected chi connectivity index (χ2v) is 5.24. The average Bonchev–Trinajstić information content (AvgIpc) is 2.63. The van der Waals surface area contributed by atoms with E-state index < -0.39 is 0 Å². The fraction of sp³-hybridized carbons (Fsp3) is 0.357. The van der Waals surface area contributed by atoms with Gasteiger partial charge >= 0.3 is 0 Å². The van der Waals surface area contributed by atoms with Gasteiger partial charge in [0.2, 0.25) is 0 Å². The molecule has 0 aliphatic rings. The number of benzene rings is 1. The van der Waals surface area contributed by atoms with Crippen LogP contribution in [0.15, 0.2) is 36.5 Å². The molecular weight excluding hydrogens is 210 g/mol. The van der Waals surface area contributed by atoms with Crippen LogP contribution in [0.1, 0.15) is 25.1 Å². The molecule has 1 aromatic carbocycles. The Hall–Kier alpha value is -1.61. The number of nitrogens with zero attached hydrogens (tertiary/aromatic N) is 2. The zero-order valence-corrected chi connectivity index (χ0v) is 10.6. The van der Waals surface area contributed by atoms with Crippen molar-refractivity contribution in [2.75, 3.05) is 0 Å². The molecule has 0 aliphatic heterocycles. The maximum atomic E-state index is 6.04. The minimum Gasteiger partial charge on any atom is -0.325 e.